The average Bonchev–Trinajstić information content (AvgIpc) is 3.07. The molecule has 1 atom stereocenters. The maximum absolute atomic E-state index is 4.68. The molecule has 0 aliphatic rings. The van der Waals surface area contributed by atoms with E-state index in [-0.39, 0.29) is 24.0 Å². The van der Waals surface area contributed by atoms with Crippen molar-refractivity contribution in [2.24, 2.45) is 4.99 Å². The van der Waals surface area contributed by atoms with Crippen LogP contribution in [0.4, 0.5) is 0 Å². The summed E-state index contributed by atoms with van der Waals surface area (Å²) < 4.78 is 0. The van der Waals surface area contributed by atoms with Gasteiger partial charge in [-0.15, -0.1) is 35.3 Å². The smallest absolute Gasteiger partial charge is 0.191 e. The van der Waals surface area contributed by atoms with Crippen molar-refractivity contribution in [1.82, 2.24) is 15.5 Å². The van der Waals surface area contributed by atoms with Gasteiger partial charge in [0.05, 0.1) is 12.6 Å². The van der Waals surface area contributed by atoms with E-state index >= 15 is 0 Å². The monoisotopic (exact) mass is 458 g/mol. The first-order chi connectivity index (χ1) is 11.2. The van der Waals surface area contributed by atoms with Crippen molar-refractivity contribution in [3.05, 3.63) is 58.3 Å². The van der Waals surface area contributed by atoms with Crippen molar-refractivity contribution >= 4 is 41.3 Å². The van der Waals surface area contributed by atoms with E-state index in [1.807, 2.05) is 18.2 Å². The standard InChI is InChI=1S/C18H26N4S.HI/c1-4-19-18(20-13-15-9-6-5-7-10-15)21-14-16(22(2)3)17-11-8-12-23-17;/h5-12,16H,4,13-14H2,1-3H3,(H2,19,20,21);1H. The molecule has 1 aromatic carbocycles. The van der Waals surface area contributed by atoms with Crippen LogP contribution in [0.5, 0.6) is 0 Å². The second kappa shape index (κ2) is 11.4. The molecule has 0 radical (unpaired) electrons. The van der Waals surface area contributed by atoms with Crippen molar-refractivity contribution in [3.63, 3.8) is 0 Å². The molecule has 0 aliphatic carbocycles. The second-order valence-electron chi connectivity index (χ2n) is 5.56. The first-order valence-electron chi connectivity index (χ1n) is 7.96. The van der Waals surface area contributed by atoms with E-state index in [4.69, 9.17) is 0 Å². The summed E-state index contributed by atoms with van der Waals surface area (Å²) in [4.78, 5) is 8.27. The van der Waals surface area contributed by atoms with Gasteiger partial charge in [-0.25, -0.2) is 4.99 Å². The number of guanidine groups is 1. The lowest BCUT2D eigenvalue weighted by Gasteiger charge is -2.24. The maximum atomic E-state index is 4.68. The van der Waals surface area contributed by atoms with Crippen LogP contribution in [0.2, 0.25) is 0 Å². The highest BCUT2D eigenvalue weighted by Gasteiger charge is 2.15. The van der Waals surface area contributed by atoms with Crippen molar-refractivity contribution in [2.45, 2.75) is 19.5 Å². The van der Waals surface area contributed by atoms with Gasteiger partial charge in [-0.2, -0.15) is 0 Å². The summed E-state index contributed by atoms with van der Waals surface area (Å²) in [7, 11) is 4.22. The zero-order valence-electron chi connectivity index (χ0n) is 14.5. The molecular formula is C18H27IN4S. The minimum atomic E-state index is 0. The zero-order chi connectivity index (χ0) is 16.5. The number of aliphatic imine (C=N–C) groups is 1. The van der Waals surface area contributed by atoms with Crippen molar-refractivity contribution in [1.29, 1.82) is 0 Å². The van der Waals surface area contributed by atoms with Crippen LogP contribution in [0.15, 0.2) is 52.8 Å². The van der Waals surface area contributed by atoms with Crippen LogP contribution in [0.25, 0.3) is 0 Å². The van der Waals surface area contributed by atoms with Crippen LogP contribution in [-0.2, 0) is 6.54 Å². The Morgan fingerprint density at radius 1 is 1.12 bits per heavy atom. The average molecular weight is 458 g/mol. The molecule has 0 saturated heterocycles. The van der Waals surface area contributed by atoms with E-state index in [1.54, 1.807) is 11.3 Å². The highest BCUT2D eigenvalue weighted by molar-refractivity contribution is 14.0. The van der Waals surface area contributed by atoms with Crippen molar-refractivity contribution in [3.8, 4) is 0 Å². The number of nitrogens with zero attached hydrogens (tertiary/aromatic N) is 2. The summed E-state index contributed by atoms with van der Waals surface area (Å²) in [5.41, 5.74) is 1.21. The highest BCUT2D eigenvalue weighted by Crippen LogP contribution is 2.22. The summed E-state index contributed by atoms with van der Waals surface area (Å²) >= 11 is 1.79. The third-order valence-electron chi connectivity index (χ3n) is 3.56. The van der Waals surface area contributed by atoms with Crippen LogP contribution in [0.3, 0.4) is 0 Å². The summed E-state index contributed by atoms with van der Waals surface area (Å²) in [5.74, 6) is 0.861. The van der Waals surface area contributed by atoms with Gasteiger partial charge in [0.2, 0.25) is 0 Å². The number of halogens is 1. The number of rotatable bonds is 7. The lowest BCUT2D eigenvalue weighted by Crippen LogP contribution is -2.41. The Morgan fingerprint density at radius 3 is 2.46 bits per heavy atom. The van der Waals surface area contributed by atoms with E-state index < -0.39 is 0 Å². The first-order valence-corrected chi connectivity index (χ1v) is 8.84. The molecule has 6 heteroatoms. The second-order valence-corrected chi connectivity index (χ2v) is 6.54. The molecule has 24 heavy (non-hydrogen) atoms. The Hall–Kier alpha value is -1.12. The quantitative estimate of drug-likeness (QED) is 0.378. The molecule has 132 valence electrons. The van der Waals surface area contributed by atoms with Gasteiger partial charge in [-0.1, -0.05) is 36.4 Å². The van der Waals surface area contributed by atoms with Crippen LogP contribution in [0.1, 0.15) is 23.4 Å². The third kappa shape index (κ3) is 6.78. The molecule has 2 rings (SSSR count). The Balaban J connectivity index is 0.00000288. The molecule has 0 amide bonds. The molecular weight excluding hydrogens is 431 g/mol. The molecule has 1 unspecified atom stereocenters. The normalized spacial score (nSPS) is 12.6. The number of hydrogen-bond donors (Lipinski definition) is 2. The Kier molecular flexibility index (Phi) is 9.97. The van der Waals surface area contributed by atoms with E-state index in [9.17, 15) is 0 Å². The number of thiophene rings is 1. The number of nitrogens with one attached hydrogen (secondary N) is 2. The molecule has 0 fully saturated rings. The van der Waals surface area contributed by atoms with Gasteiger partial charge in [0.15, 0.2) is 5.96 Å². The topological polar surface area (TPSA) is 39.7 Å². The molecule has 0 bridgehead atoms. The predicted molar refractivity (Wildman–Crippen MR) is 115 cm³/mol. The Morgan fingerprint density at radius 2 is 1.88 bits per heavy atom. The zero-order valence-corrected chi connectivity index (χ0v) is 17.7. The molecule has 0 aliphatic heterocycles. The van der Waals surface area contributed by atoms with Gasteiger partial charge in [-0.05, 0) is 38.0 Å². The van der Waals surface area contributed by atoms with Gasteiger partial charge >= 0.3 is 0 Å². The van der Waals surface area contributed by atoms with Gasteiger partial charge < -0.3 is 15.5 Å². The van der Waals surface area contributed by atoms with Crippen LogP contribution < -0.4 is 10.6 Å². The molecule has 1 aromatic heterocycles. The fourth-order valence-electron chi connectivity index (χ4n) is 2.31. The van der Waals surface area contributed by atoms with E-state index in [0.717, 1.165) is 19.0 Å². The third-order valence-corrected chi connectivity index (χ3v) is 4.54. The van der Waals surface area contributed by atoms with E-state index in [2.05, 4.69) is 71.2 Å². The van der Waals surface area contributed by atoms with Gasteiger partial charge in [0.1, 0.15) is 0 Å². The summed E-state index contributed by atoms with van der Waals surface area (Å²) in [5, 5.41) is 8.91. The highest BCUT2D eigenvalue weighted by atomic mass is 127. The maximum Gasteiger partial charge on any atom is 0.191 e. The van der Waals surface area contributed by atoms with Gasteiger partial charge in [-0.3, -0.25) is 0 Å². The molecule has 1 heterocycles. The predicted octanol–water partition coefficient (Wildman–Crippen LogP) is 3.72. The van der Waals surface area contributed by atoms with Gasteiger partial charge in [0.25, 0.3) is 0 Å². The molecule has 0 spiro atoms. The Bertz CT molecular complexity index is 584. The Labute approximate surface area is 166 Å². The van der Waals surface area contributed by atoms with Crippen LogP contribution in [-0.4, -0.2) is 38.0 Å². The SMILES string of the molecule is CCNC(=NCc1ccccc1)NCC(c1cccs1)N(C)C.I. The lowest BCUT2D eigenvalue weighted by molar-refractivity contribution is 0.302. The molecule has 2 N–H and O–H groups in total. The van der Waals surface area contributed by atoms with Gasteiger partial charge in [0, 0.05) is 18.0 Å². The van der Waals surface area contributed by atoms with E-state index in [0.29, 0.717) is 12.6 Å². The summed E-state index contributed by atoms with van der Waals surface area (Å²) in [6.45, 7) is 4.45. The first kappa shape index (κ1) is 20.9. The summed E-state index contributed by atoms with van der Waals surface area (Å²) in [6, 6.07) is 14.9. The molecule has 4 nitrogen and oxygen atoms in total. The van der Waals surface area contributed by atoms with Crippen molar-refractivity contribution < 1.29 is 0 Å². The fraction of sp³-hybridized carbons (Fsp3) is 0.389. The summed E-state index contributed by atoms with van der Waals surface area (Å²) in [6.07, 6.45) is 0. The number of hydrogen-bond acceptors (Lipinski definition) is 3. The molecule has 0 saturated carbocycles. The number of benzene rings is 1. The number of likely N-dealkylation sites (N-methyl/N-ethyl adjacent to an activating group) is 1. The minimum absolute atomic E-state index is 0. The lowest BCUT2D eigenvalue weighted by atomic mass is 10.2. The van der Waals surface area contributed by atoms with Crippen LogP contribution >= 0.6 is 35.3 Å². The van der Waals surface area contributed by atoms with Crippen LogP contribution in [0, 0.1) is 0 Å². The minimum Gasteiger partial charge on any atom is -0.357 e. The largest absolute Gasteiger partial charge is 0.357 e. The van der Waals surface area contributed by atoms with Crippen molar-refractivity contribution in [2.75, 3.05) is 27.2 Å². The fourth-order valence-corrected chi connectivity index (χ4v) is 3.23. The molecule has 2 aromatic rings. The van der Waals surface area contributed by atoms with E-state index in [1.165, 1.54) is 10.4 Å².